The van der Waals surface area contributed by atoms with Gasteiger partial charge >= 0.3 is 0 Å². The van der Waals surface area contributed by atoms with E-state index in [0.717, 1.165) is 31.3 Å². The number of aliphatic hydroxyl groups excluding tert-OH is 3. The summed E-state index contributed by atoms with van der Waals surface area (Å²) in [6, 6.07) is 0. The van der Waals surface area contributed by atoms with E-state index in [-0.39, 0.29) is 11.7 Å². The maximum atomic E-state index is 10.2. The van der Waals surface area contributed by atoms with E-state index in [1.54, 1.807) is 0 Å². The second kappa shape index (κ2) is 3.86. The number of hydrogen-bond donors (Lipinski definition) is 3. The Hall–Kier alpha value is -1.78. The molecule has 5 heteroatoms. The van der Waals surface area contributed by atoms with Gasteiger partial charge in [-0.15, -0.1) is 0 Å². The van der Waals surface area contributed by atoms with Crippen molar-refractivity contribution in [2.24, 2.45) is 5.92 Å². The van der Waals surface area contributed by atoms with Gasteiger partial charge in [0.05, 0.1) is 18.3 Å². The zero-order chi connectivity index (χ0) is 12.8. The van der Waals surface area contributed by atoms with Crippen molar-refractivity contribution in [3.63, 3.8) is 0 Å². The van der Waals surface area contributed by atoms with Crippen molar-refractivity contribution in [2.75, 3.05) is 6.61 Å². The number of fused-ring (bicyclic) bond motifs is 2. The molecule has 18 heavy (non-hydrogen) atoms. The topological polar surface area (TPSA) is 79.2 Å². The molecule has 0 bridgehead atoms. The highest BCUT2D eigenvalue weighted by Gasteiger charge is 2.53. The molecule has 3 aliphatic rings. The minimum Gasteiger partial charge on any atom is -0.505 e. The Bertz CT molecular complexity index is 462. The predicted molar refractivity (Wildman–Crippen MR) is 62.8 cm³/mol. The van der Waals surface area contributed by atoms with E-state index in [4.69, 9.17) is 9.47 Å². The maximum Gasteiger partial charge on any atom is 0.203 e. The number of aliphatic hydroxyl groups is 3. The van der Waals surface area contributed by atoms with Crippen LogP contribution in [-0.4, -0.2) is 27.5 Å². The van der Waals surface area contributed by atoms with Gasteiger partial charge in [0.15, 0.2) is 17.1 Å². The molecule has 98 valence electrons. The van der Waals surface area contributed by atoms with Crippen molar-refractivity contribution in [3.8, 4) is 0 Å². The highest BCUT2D eigenvalue weighted by molar-refractivity contribution is 5.33. The Morgan fingerprint density at radius 2 is 2.11 bits per heavy atom. The quantitative estimate of drug-likeness (QED) is 0.617. The zero-order valence-electron chi connectivity index (χ0n) is 9.93. The SMILES string of the molecule is OC1=COC2(CCOC3=CCCCC32)C(O)=C1O. The van der Waals surface area contributed by atoms with Crippen LogP contribution in [0.25, 0.3) is 0 Å². The van der Waals surface area contributed by atoms with Crippen LogP contribution in [0.1, 0.15) is 25.7 Å². The van der Waals surface area contributed by atoms with E-state index >= 15 is 0 Å². The molecule has 0 aromatic rings. The summed E-state index contributed by atoms with van der Waals surface area (Å²) in [5.41, 5.74) is -0.985. The summed E-state index contributed by atoms with van der Waals surface area (Å²) < 4.78 is 11.2. The predicted octanol–water partition coefficient (Wildman–Crippen LogP) is 2.59. The summed E-state index contributed by atoms with van der Waals surface area (Å²) in [4.78, 5) is 0. The summed E-state index contributed by atoms with van der Waals surface area (Å²) in [6.45, 7) is 0.425. The molecule has 0 aromatic carbocycles. The molecule has 2 atom stereocenters. The Morgan fingerprint density at radius 1 is 1.28 bits per heavy atom. The van der Waals surface area contributed by atoms with Gasteiger partial charge in [-0.1, -0.05) is 0 Å². The van der Waals surface area contributed by atoms with Gasteiger partial charge in [-0.05, 0) is 25.3 Å². The number of hydrogen-bond acceptors (Lipinski definition) is 5. The summed E-state index contributed by atoms with van der Waals surface area (Å²) in [5.74, 6) is -0.504. The lowest BCUT2D eigenvalue weighted by atomic mass is 9.74. The molecule has 1 spiro atoms. The van der Waals surface area contributed by atoms with Crippen molar-refractivity contribution >= 4 is 0 Å². The fourth-order valence-corrected chi connectivity index (χ4v) is 2.99. The minimum atomic E-state index is -0.985. The standard InChI is InChI=1S/C13H16O5/c14-9-7-18-13(12(16)11(9)15)5-6-17-10-4-2-1-3-8(10)13/h4,7-8,14-16H,1-3,5-6H2. The molecule has 3 rings (SSSR count). The van der Waals surface area contributed by atoms with Gasteiger partial charge in [-0.2, -0.15) is 0 Å². The molecule has 2 unspecified atom stereocenters. The van der Waals surface area contributed by atoms with Crippen LogP contribution in [0, 0.1) is 5.92 Å². The molecule has 0 amide bonds. The lowest BCUT2D eigenvalue weighted by Crippen LogP contribution is -2.49. The van der Waals surface area contributed by atoms with Gasteiger partial charge in [0.25, 0.3) is 0 Å². The van der Waals surface area contributed by atoms with Crippen LogP contribution in [-0.2, 0) is 9.47 Å². The molecule has 0 radical (unpaired) electrons. The van der Waals surface area contributed by atoms with Crippen LogP contribution in [0.2, 0.25) is 0 Å². The van der Waals surface area contributed by atoms with Gasteiger partial charge in [0, 0.05) is 6.42 Å². The molecule has 1 aliphatic carbocycles. The second-order valence-electron chi connectivity index (χ2n) is 4.90. The van der Waals surface area contributed by atoms with Crippen LogP contribution in [0.15, 0.2) is 35.4 Å². The normalized spacial score (nSPS) is 35.2. The number of rotatable bonds is 0. The van der Waals surface area contributed by atoms with E-state index in [9.17, 15) is 15.3 Å². The summed E-state index contributed by atoms with van der Waals surface area (Å²) in [7, 11) is 0. The first-order valence-corrected chi connectivity index (χ1v) is 6.18. The highest BCUT2D eigenvalue weighted by Crippen LogP contribution is 2.48. The summed E-state index contributed by atoms with van der Waals surface area (Å²) in [6.07, 6.45) is 6.35. The second-order valence-corrected chi connectivity index (χ2v) is 4.90. The van der Waals surface area contributed by atoms with E-state index in [1.165, 1.54) is 0 Å². The van der Waals surface area contributed by atoms with Gasteiger partial charge < -0.3 is 24.8 Å². The summed E-state index contributed by atoms with van der Waals surface area (Å²) in [5, 5.41) is 29.3. The average molecular weight is 252 g/mol. The largest absolute Gasteiger partial charge is 0.505 e. The molecule has 5 nitrogen and oxygen atoms in total. The molecular weight excluding hydrogens is 236 g/mol. The van der Waals surface area contributed by atoms with Crippen molar-refractivity contribution < 1.29 is 24.8 Å². The smallest absolute Gasteiger partial charge is 0.203 e. The van der Waals surface area contributed by atoms with Gasteiger partial charge in [0.2, 0.25) is 5.76 Å². The van der Waals surface area contributed by atoms with E-state index < -0.39 is 17.1 Å². The van der Waals surface area contributed by atoms with E-state index in [1.807, 2.05) is 6.08 Å². The van der Waals surface area contributed by atoms with Crippen LogP contribution in [0.3, 0.4) is 0 Å². The molecule has 0 aromatic heterocycles. The third-order valence-corrected chi connectivity index (χ3v) is 3.94. The maximum absolute atomic E-state index is 10.2. The Labute approximate surface area is 105 Å². The first-order chi connectivity index (χ1) is 8.65. The van der Waals surface area contributed by atoms with Crippen LogP contribution < -0.4 is 0 Å². The molecular formula is C13H16O5. The molecule has 1 saturated heterocycles. The highest BCUT2D eigenvalue weighted by atomic mass is 16.5. The van der Waals surface area contributed by atoms with Gasteiger partial charge in [-0.3, -0.25) is 0 Å². The molecule has 0 saturated carbocycles. The molecule has 2 aliphatic heterocycles. The fourth-order valence-electron chi connectivity index (χ4n) is 2.99. The van der Waals surface area contributed by atoms with Crippen molar-refractivity contribution in [1.29, 1.82) is 0 Å². The minimum absolute atomic E-state index is 0.105. The molecule has 2 heterocycles. The number of allylic oxidation sites excluding steroid dienone is 1. The third kappa shape index (κ3) is 1.39. The van der Waals surface area contributed by atoms with E-state index in [2.05, 4.69) is 0 Å². The van der Waals surface area contributed by atoms with Crippen LogP contribution in [0.4, 0.5) is 0 Å². The Balaban J connectivity index is 2.05. The lowest BCUT2D eigenvalue weighted by molar-refractivity contribution is -0.0994. The Kier molecular flexibility index (Phi) is 2.43. The Morgan fingerprint density at radius 3 is 2.94 bits per heavy atom. The third-order valence-electron chi connectivity index (χ3n) is 3.94. The average Bonchev–Trinajstić information content (AvgIpc) is 2.41. The zero-order valence-corrected chi connectivity index (χ0v) is 9.93. The van der Waals surface area contributed by atoms with Gasteiger partial charge in [0.1, 0.15) is 6.26 Å². The monoisotopic (exact) mass is 252 g/mol. The molecule has 1 fully saturated rings. The summed E-state index contributed by atoms with van der Waals surface area (Å²) >= 11 is 0. The van der Waals surface area contributed by atoms with Gasteiger partial charge in [-0.25, -0.2) is 0 Å². The van der Waals surface area contributed by atoms with Crippen LogP contribution in [0.5, 0.6) is 0 Å². The van der Waals surface area contributed by atoms with E-state index in [0.29, 0.717) is 13.0 Å². The van der Waals surface area contributed by atoms with Crippen LogP contribution >= 0.6 is 0 Å². The lowest BCUT2D eigenvalue weighted by Gasteiger charge is -2.45. The van der Waals surface area contributed by atoms with Crippen molar-refractivity contribution in [2.45, 2.75) is 31.3 Å². The fraction of sp³-hybridized carbons (Fsp3) is 0.538. The van der Waals surface area contributed by atoms with Crippen molar-refractivity contribution in [3.05, 3.63) is 35.4 Å². The first-order valence-electron chi connectivity index (χ1n) is 6.18. The first kappa shape index (κ1) is 11.3. The molecule has 3 N–H and O–H groups in total. The number of ether oxygens (including phenoxy) is 2. The van der Waals surface area contributed by atoms with Crippen molar-refractivity contribution in [1.82, 2.24) is 0 Å².